The average molecular weight is 399 g/mol. The Hall–Kier alpha value is -3.53. The molecular formula is C26H22FNO2. The summed E-state index contributed by atoms with van der Waals surface area (Å²) in [4.78, 5) is 19.1. The highest BCUT2D eigenvalue weighted by atomic mass is 19.3. The van der Waals surface area contributed by atoms with Gasteiger partial charge < -0.3 is 0 Å². The van der Waals surface area contributed by atoms with Crippen molar-refractivity contribution in [2.45, 2.75) is 26.7 Å². The van der Waals surface area contributed by atoms with Gasteiger partial charge in [0, 0.05) is 15.5 Å². The molecule has 150 valence electrons. The summed E-state index contributed by atoms with van der Waals surface area (Å²) in [6.45, 7) is 4.27. The number of aryl methyl sites for hydroxylation is 3. The molecule has 4 aromatic rings. The van der Waals surface area contributed by atoms with Crippen molar-refractivity contribution < 1.29 is 14.3 Å². The summed E-state index contributed by atoms with van der Waals surface area (Å²) in [7, 11) is 0. The van der Waals surface area contributed by atoms with Crippen LogP contribution in [0.3, 0.4) is 0 Å². The largest absolute Gasteiger partial charge is 0.349 e. The van der Waals surface area contributed by atoms with Crippen LogP contribution in [0.1, 0.15) is 23.1 Å². The molecule has 0 spiro atoms. The topological polar surface area (TPSA) is 39.2 Å². The van der Waals surface area contributed by atoms with Crippen LogP contribution in [0.5, 0.6) is 0 Å². The Morgan fingerprint density at radius 3 is 2.40 bits per heavy atom. The zero-order chi connectivity index (χ0) is 21.1. The Bertz CT molecular complexity index is 1210. The highest BCUT2D eigenvalue weighted by Gasteiger charge is 2.09. The smallest absolute Gasteiger partial charge is 0.255 e. The highest BCUT2D eigenvalue weighted by molar-refractivity contribution is 5.83. The number of carbonyl (C=O) groups is 1. The molecule has 1 heterocycles. The minimum atomic E-state index is -0.854. The molecule has 0 radical (unpaired) electrons. The molecule has 0 N–H and O–H groups in total. The first-order valence-electron chi connectivity index (χ1n) is 9.93. The number of halogens is 1. The number of hydrogen-bond acceptors (Lipinski definition) is 3. The van der Waals surface area contributed by atoms with Crippen LogP contribution in [0.2, 0.25) is 0 Å². The molecule has 0 bridgehead atoms. The SMILES string of the molecule is Cc1cccc(C)c1-c1cccc(-c2ccc3cc(CCC(=O)OF)ccc3n2)c1. The summed E-state index contributed by atoms with van der Waals surface area (Å²) in [5, 5.41) is 0.982. The van der Waals surface area contributed by atoms with Gasteiger partial charge >= 0.3 is 5.97 Å². The fourth-order valence-electron chi connectivity index (χ4n) is 3.88. The zero-order valence-corrected chi connectivity index (χ0v) is 17.0. The summed E-state index contributed by atoms with van der Waals surface area (Å²) < 4.78 is 11.9. The zero-order valence-electron chi connectivity index (χ0n) is 17.0. The van der Waals surface area contributed by atoms with E-state index in [0.29, 0.717) is 6.42 Å². The molecule has 0 atom stereocenters. The van der Waals surface area contributed by atoms with E-state index < -0.39 is 5.97 Å². The van der Waals surface area contributed by atoms with E-state index in [1.807, 2.05) is 30.3 Å². The standard InChI is InChI=1S/C26H22FNO2/c1-17-5-3-6-18(2)26(17)22-8-4-7-20(16-22)24-13-11-21-15-19(9-12-23(21)28-24)10-14-25(29)30-27/h3-9,11-13,15-16H,10,14H2,1-2H3. The number of fused-ring (bicyclic) bond motifs is 1. The average Bonchev–Trinajstić information content (AvgIpc) is 2.77. The van der Waals surface area contributed by atoms with Gasteiger partial charge in [-0.15, -0.1) is 0 Å². The number of rotatable bonds is 5. The van der Waals surface area contributed by atoms with Crippen molar-refractivity contribution in [2.75, 3.05) is 0 Å². The predicted octanol–water partition coefficient (Wildman–Crippen LogP) is 6.55. The Morgan fingerprint density at radius 1 is 0.900 bits per heavy atom. The second-order valence-electron chi connectivity index (χ2n) is 7.52. The van der Waals surface area contributed by atoms with Gasteiger partial charge in [-0.3, -0.25) is 4.94 Å². The second-order valence-corrected chi connectivity index (χ2v) is 7.52. The first-order valence-corrected chi connectivity index (χ1v) is 9.93. The van der Waals surface area contributed by atoms with Gasteiger partial charge in [0.2, 0.25) is 0 Å². The maximum atomic E-state index is 11.9. The number of nitrogens with zero attached hydrogens (tertiary/aromatic N) is 1. The molecular weight excluding hydrogens is 377 g/mol. The Balaban J connectivity index is 1.66. The van der Waals surface area contributed by atoms with Gasteiger partial charge in [-0.2, -0.15) is 0 Å². The van der Waals surface area contributed by atoms with Gasteiger partial charge in [0.25, 0.3) is 0 Å². The molecule has 4 heteroatoms. The van der Waals surface area contributed by atoms with Crippen LogP contribution in [-0.4, -0.2) is 11.0 Å². The molecule has 0 saturated carbocycles. The van der Waals surface area contributed by atoms with E-state index in [0.717, 1.165) is 27.7 Å². The van der Waals surface area contributed by atoms with E-state index in [1.54, 1.807) is 0 Å². The Morgan fingerprint density at radius 2 is 1.63 bits per heavy atom. The quantitative estimate of drug-likeness (QED) is 0.382. The van der Waals surface area contributed by atoms with Crippen molar-refractivity contribution in [1.29, 1.82) is 0 Å². The normalized spacial score (nSPS) is 10.9. The molecule has 4 rings (SSSR count). The molecule has 0 amide bonds. The summed E-state index contributed by atoms with van der Waals surface area (Å²) in [6, 6.07) is 24.7. The fraction of sp³-hybridized carbons (Fsp3) is 0.154. The predicted molar refractivity (Wildman–Crippen MR) is 118 cm³/mol. The van der Waals surface area contributed by atoms with Gasteiger partial charge in [0.05, 0.1) is 17.6 Å². The van der Waals surface area contributed by atoms with Crippen LogP contribution in [0.25, 0.3) is 33.3 Å². The maximum absolute atomic E-state index is 11.9. The maximum Gasteiger partial charge on any atom is 0.349 e. The minimum absolute atomic E-state index is 0.0125. The second kappa shape index (κ2) is 8.46. The molecule has 0 aliphatic heterocycles. The van der Waals surface area contributed by atoms with Gasteiger partial charge in [0.15, 0.2) is 0 Å². The molecule has 0 aliphatic carbocycles. The van der Waals surface area contributed by atoms with E-state index in [1.165, 1.54) is 22.3 Å². The van der Waals surface area contributed by atoms with Crippen LogP contribution in [0.4, 0.5) is 4.53 Å². The summed E-state index contributed by atoms with van der Waals surface area (Å²) in [5.74, 6) is -0.854. The number of aromatic nitrogens is 1. The highest BCUT2D eigenvalue weighted by Crippen LogP contribution is 2.31. The van der Waals surface area contributed by atoms with Crippen LogP contribution in [0.15, 0.2) is 72.8 Å². The third kappa shape index (κ3) is 4.08. The van der Waals surface area contributed by atoms with Crippen LogP contribution < -0.4 is 0 Å². The summed E-state index contributed by atoms with van der Waals surface area (Å²) in [5.41, 5.74) is 8.74. The Kier molecular flexibility index (Phi) is 5.57. The van der Waals surface area contributed by atoms with E-state index in [-0.39, 0.29) is 6.42 Å². The van der Waals surface area contributed by atoms with Crippen molar-refractivity contribution in [3.8, 4) is 22.4 Å². The molecule has 30 heavy (non-hydrogen) atoms. The van der Waals surface area contributed by atoms with Crippen LogP contribution in [0, 0.1) is 13.8 Å². The lowest BCUT2D eigenvalue weighted by atomic mass is 9.94. The van der Waals surface area contributed by atoms with E-state index in [4.69, 9.17) is 4.98 Å². The summed E-state index contributed by atoms with van der Waals surface area (Å²) >= 11 is 0. The van der Waals surface area contributed by atoms with E-state index in [9.17, 15) is 9.32 Å². The van der Waals surface area contributed by atoms with Crippen molar-refractivity contribution in [3.63, 3.8) is 0 Å². The molecule has 0 unspecified atom stereocenters. The van der Waals surface area contributed by atoms with Crippen molar-refractivity contribution in [3.05, 3.63) is 89.5 Å². The molecule has 0 aliphatic rings. The van der Waals surface area contributed by atoms with E-state index in [2.05, 4.69) is 61.3 Å². The lowest BCUT2D eigenvalue weighted by Crippen LogP contribution is -1.99. The van der Waals surface area contributed by atoms with Crippen molar-refractivity contribution in [2.24, 2.45) is 0 Å². The monoisotopic (exact) mass is 399 g/mol. The van der Waals surface area contributed by atoms with E-state index >= 15 is 0 Å². The Labute approximate surface area is 175 Å². The third-order valence-electron chi connectivity index (χ3n) is 5.39. The molecule has 0 fully saturated rings. The lowest BCUT2D eigenvalue weighted by Gasteiger charge is -2.12. The molecule has 3 aromatic carbocycles. The van der Waals surface area contributed by atoms with Crippen molar-refractivity contribution in [1.82, 2.24) is 4.98 Å². The number of benzene rings is 3. The molecule has 3 nitrogen and oxygen atoms in total. The number of pyridine rings is 1. The first kappa shape index (κ1) is 19.8. The third-order valence-corrected chi connectivity index (χ3v) is 5.39. The van der Waals surface area contributed by atoms with Gasteiger partial charge in [0.1, 0.15) is 0 Å². The molecule has 0 saturated heterocycles. The number of carbonyl (C=O) groups excluding carboxylic acids is 1. The first-order chi connectivity index (χ1) is 14.5. The van der Waals surface area contributed by atoms with Crippen molar-refractivity contribution >= 4 is 16.9 Å². The van der Waals surface area contributed by atoms with Gasteiger partial charge in [-0.1, -0.05) is 48.5 Å². The van der Waals surface area contributed by atoms with Crippen LogP contribution >= 0.6 is 0 Å². The summed E-state index contributed by atoms with van der Waals surface area (Å²) in [6.07, 6.45) is 0.441. The fourth-order valence-corrected chi connectivity index (χ4v) is 3.88. The number of hydrogen-bond donors (Lipinski definition) is 0. The van der Waals surface area contributed by atoms with Gasteiger partial charge in [-0.25, -0.2) is 9.78 Å². The van der Waals surface area contributed by atoms with Gasteiger partial charge in [-0.05, 0) is 72.4 Å². The molecule has 1 aromatic heterocycles. The minimum Gasteiger partial charge on any atom is -0.255 e. The van der Waals surface area contributed by atoms with Crippen LogP contribution in [-0.2, 0) is 16.2 Å². The lowest BCUT2D eigenvalue weighted by molar-refractivity contribution is -0.183.